The summed E-state index contributed by atoms with van der Waals surface area (Å²) in [6, 6.07) is 7.67. The van der Waals surface area contributed by atoms with Gasteiger partial charge in [-0.2, -0.15) is 0 Å². The first-order valence-electron chi connectivity index (χ1n) is 6.00. The maximum absolute atomic E-state index is 10.9. The number of carbonyl (C=O) groups is 1. The lowest BCUT2D eigenvalue weighted by Gasteiger charge is -2.06. The van der Waals surface area contributed by atoms with Crippen molar-refractivity contribution in [2.24, 2.45) is 0 Å². The zero-order valence-electron chi connectivity index (χ0n) is 10.8. The molecule has 0 aliphatic heterocycles. The molecule has 0 atom stereocenters. The minimum atomic E-state index is -1.17. The van der Waals surface area contributed by atoms with Gasteiger partial charge in [-0.05, 0) is 24.6 Å². The fraction of sp³-hybridized carbons (Fsp3) is 0.214. The number of aromatic nitrogens is 2. The van der Waals surface area contributed by atoms with E-state index in [0.29, 0.717) is 18.9 Å². The molecule has 0 saturated heterocycles. The number of hydrogen-bond acceptors (Lipinski definition) is 4. The lowest BCUT2D eigenvalue weighted by molar-refractivity contribution is 0.0690. The second kappa shape index (κ2) is 6.34. The number of halogens is 1. The number of aromatic carboxylic acids is 1. The van der Waals surface area contributed by atoms with Crippen LogP contribution >= 0.6 is 11.6 Å². The van der Waals surface area contributed by atoms with E-state index in [1.807, 2.05) is 31.2 Å². The molecule has 1 N–H and O–H groups in total. The number of nitrogens with zero attached hydrogens (tertiary/aromatic N) is 2. The minimum absolute atomic E-state index is 0.0286. The van der Waals surface area contributed by atoms with Crippen LogP contribution in [0.4, 0.5) is 0 Å². The molecule has 1 aromatic carbocycles. The zero-order chi connectivity index (χ0) is 14.5. The summed E-state index contributed by atoms with van der Waals surface area (Å²) in [4.78, 5) is 18.8. The number of rotatable bonds is 5. The van der Waals surface area contributed by atoms with Crippen LogP contribution in [-0.4, -0.2) is 27.7 Å². The molecule has 104 valence electrons. The highest BCUT2D eigenvalue weighted by Crippen LogP contribution is 2.14. The molecule has 0 saturated carbocycles. The molecule has 5 nitrogen and oxygen atoms in total. The molecule has 0 fully saturated rings. The van der Waals surface area contributed by atoms with E-state index in [2.05, 4.69) is 9.97 Å². The lowest BCUT2D eigenvalue weighted by atomic mass is 10.2. The van der Waals surface area contributed by atoms with Crippen molar-refractivity contribution in [3.05, 3.63) is 52.6 Å². The maximum atomic E-state index is 10.9. The highest BCUT2D eigenvalue weighted by atomic mass is 35.5. The van der Waals surface area contributed by atoms with Crippen molar-refractivity contribution in [1.82, 2.24) is 9.97 Å². The second-order valence-corrected chi connectivity index (χ2v) is 4.61. The average Bonchev–Trinajstić information content (AvgIpc) is 2.40. The van der Waals surface area contributed by atoms with Gasteiger partial charge in [0.2, 0.25) is 0 Å². The van der Waals surface area contributed by atoms with Gasteiger partial charge in [0.05, 0.1) is 17.8 Å². The zero-order valence-corrected chi connectivity index (χ0v) is 11.6. The molecule has 20 heavy (non-hydrogen) atoms. The number of hydrogen-bond donors (Lipinski definition) is 1. The number of benzene rings is 1. The number of aryl methyl sites for hydroxylation is 1. The van der Waals surface area contributed by atoms with E-state index < -0.39 is 5.97 Å². The molecule has 0 unspecified atom stereocenters. The first-order valence-corrected chi connectivity index (χ1v) is 6.38. The molecule has 0 aliphatic rings. The quantitative estimate of drug-likeness (QED) is 0.917. The Morgan fingerprint density at radius 3 is 2.95 bits per heavy atom. The number of carboxylic acids is 1. The fourth-order valence-corrected chi connectivity index (χ4v) is 1.81. The SMILES string of the molecule is Cc1cccc(OCCc2ncc(Cl)c(C(=O)O)n2)c1. The van der Waals surface area contributed by atoms with Gasteiger partial charge in [-0.3, -0.25) is 0 Å². The van der Waals surface area contributed by atoms with E-state index in [1.165, 1.54) is 6.20 Å². The van der Waals surface area contributed by atoms with Crippen LogP contribution in [0.1, 0.15) is 21.9 Å². The number of ether oxygens (including phenoxy) is 1. The van der Waals surface area contributed by atoms with Gasteiger partial charge in [0.1, 0.15) is 11.6 Å². The third-order valence-corrected chi connectivity index (χ3v) is 2.86. The summed E-state index contributed by atoms with van der Waals surface area (Å²) in [7, 11) is 0. The van der Waals surface area contributed by atoms with Gasteiger partial charge in [-0.15, -0.1) is 0 Å². The Bertz CT molecular complexity index is 632. The van der Waals surface area contributed by atoms with Crippen LogP contribution in [0, 0.1) is 6.92 Å². The monoisotopic (exact) mass is 292 g/mol. The van der Waals surface area contributed by atoms with Crippen LogP contribution in [-0.2, 0) is 6.42 Å². The predicted molar refractivity (Wildman–Crippen MR) is 74.4 cm³/mol. The predicted octanol–water partition coefficient (Wildman–Crippen LogP) is 2.76. The van der Waals surface area contributed by atoms with Crippen LogP contribution in [0.3, 0.4) is 0 Å². The molecular weight excluding hydrogens is 280 g/mol. The molecule has 0 radical (unpaired) electrons. The summed E-state index contributed by atoms with van der Waals surface area (Å²) in [6.45, 7) is 2.35. The summed E-state index contributed by atoms with van der Waals surface area (Å²) < 4.78 is 5.56. The third-order valence-electron chi connectivity index (χ3n) is 2.58. The summed E-state index contributed by atoms with van der Waals surface area (Å²) in [6.07, 6.45) is 1.70. The van der Waals surface area contributed by atoms with Crippen molar-refractivity contribution >= 4 is 17.6 Å². The molecule has 0 aliphatic carbocycles. The molecule has 2 rings (SSSR count). The van der Waals surface area contributed by atoms with E-state index in [9.17, 15) is 4.79 Å². The van der Waals surface area contributed by atoms with Crippen molar-refractivity contribution in [2.45, 2.75) is 13.3 Å². The van der Waals surface area contributed by atoms with Crippen LogP contribution in [0.2, 0.25) is 5.02 Å². The first-order chi connectivity index (χ1) is 9.56. The maximum Gasteiger partial charge on any atom is 0.356 e. The van der Waals surface area contributed by atoms with Gasteiger partial charge in [0.15, 0.2) is 5.69 Å². The van der Waals surface area contributed by atoms with Gasteiger partial charge in [0.25, 0.3) is 0 Å². The Morgan fingerprint density at radius 2 is 2.25 bits per heavy atom. The van der Waals surface area contributed by atoms with E-state index in [4.69, 9.17) is 21.4 Å². The summed E-state index contributed by atoms with van der Waals surface area (Å²) in [5.41, 5.74) is 0.922. The van der Waals surface area contributed by atoms with Crippen molar-refractivity contribution in [2.75, 3.05) is 6.61 Å². The van der Waals surface area contributed by atoms with E-state index in [-0.39, 0.29) is 10.7 Å². The molecule has 6 heteroatoms. The van der Waals surface area contributed by atoms with Gasteiger partial charge < -0.3 is 9.84 Å². The molecule has 1 aromatic heterocycles. The van der Waals surface area contributed by atoms with Crippen molar-refractivity contribution in [3.8, 4) is 5.75 Å². The normalized spacial score (nSPS) is 10.3. The van der Waals surface area contributed by atoms with Gasteiger partial charge in [-0.25, -0.2) is 14.8 Å². The summed E-state index contributed by atoms with van der Waals surface area (Å²) in [5.74, 6) is -0.0184. The van der Waals surface area contributed by atoms with E-state index in [1.54, 1.807) is 0 Å². The number of carboxylic acid groups (broad SMARTS) is 1. The Kier molecular flexibility index (Phi) is 4.53. The summed E-state index contributed by atoms with van der Waals surface area (Å²) in [5, 5.41) is 8.95. The second-order valence-electron chi connectivity index (χ2n) is 4.20. The smallest absolute Gasteiger partial charge is 0.356 e. The van der Waals surface area contributed by atoms with Crippen LogP contribution < -0.4 is 4.74 Å². The third kappa shape index (κ3) is 3.68. The van der Waals surface area contributed by atoms with Gasteiger partial charge in [0, 0.05) is 6.42 Å². The Balaban J connectivity index is 1.97. The molecule has 0 bridgehead atoms. The molecular formula is C14H13ClN2O3. The Hall–Kier alpha value is -2.14. The molecule has 0 amide bonds. The van der Waals surface area contributed by atoms with Crippen molar-refractivity contribution < 1.29 is 14.6 Å². The van der Waals surface area contributed by atoms with Crippen LogP contribution in [0.5, 0.6) is 5.75 Å². The highest BCUT2D eigenvalue weighted by molar-refractivity contribution is 6.33. The molecule has 1 heterocycles. The van der Waals surface area contributed by atoms with Gasteiger partial charge in [-0.1, -0.05) is 23.7 Å². The lowest BCUT2D eigenvalue weighted by Crippen LogP contribution is -2.09. The Morgan fingerprint density at radius 1 is 1.45 bits per heavy atom. The highest BCUT2D eigenvalue weighted by Gasteiger charge is 2.12. The summed E-state index contributed by atoms with van der Waals surface area (Å²) >= 11 is 5.70. The van der Waals surface area contributed by atoms with Crippen LogP contribution in [0.25, 0.3) is 0 Å². The standard InChI is InChI=1S/C14H13ClN2O3/c1-9-3-2-4-10(7-9)20-6-5-12-16-8-11(15)13(17-12)14(18)19/h2-4,7-8H,5-6H2,1H3,(H,18,19). The minimum Gasteiger partial charge on any atom is -0.493 e. The molecule has 2 aromatic rings. The fourth-order valence-electron chi connectivity index (χ4n) is 1.64. The first kappa shape index (κ1) is 14.3. The van der Waals surface area contributed by atoms with E-state index >= 15 is 0 Å². The van der Waals surface area contributed by atoms with Crippen LogP contribution in [0.15, 0.2) is 30.5 Å². The molecule has 0 spiro atoms. The van der Waals surface area contributed by atoms with E-state index in [0.717, 1.165) is 11.3 Å². The largest absolute Gasteiger partial charge is 0.493 e. The Labute approximate surface area is 121 Å². The topological polar surface area (TPSA) is 72.3 Å². The average molecular weight is 293 g/mol. The van der Waals surface area contributed by atoms with Crippen molar-refractivity contribution in [1.29, 1.82) is 0 Å². The van der Waals surface area contributed by atoms with Gasteiger partial charge >= 0.3 is 5.97 Å². The van der Waals surface area contributed by atoms with Crippen molar-refractivity contribution in [3.63, 3.8) is 0 Å².